The smallest absolute Gasteiger partial charge is 0.318 e. The number of carbonyl (C=O) groups is 2. The molecule has 6 nitrogen and oxygen atoms in total. The van der Waals surface area contributed by atoms with Crippen LogP contribution < -0.4 is 10.6 Å². The van der Waals surface area contributed by atoms with Crippen LogP contribution in [0.15, 0.2) is 35.0 Å². The minimum atomic E-state index is -0.548. The van der Waals surface area contributed by atoms with E-state index in [-0.39, 0.29) is 16.6 Å². The summed E-state index contributed by atoms with van der Waals surface area (Å²) in [6, 6.07) is 8.97. The predicted octanol–water partition coefficient (Wildman–Crippen LogP) is 1.83. The van der Waals surface area contributed by atoms with Crippen molar-refractivity contribution in [3.63, 3.8) is 0 Å². The van der Waals surface area contributed by atoms with Gasteiger partial charge in [-0.25, -0.2) is 0 Å². The van der Waals surface area contributed by atoms with Gasteiger partial charge in [-0.15, -0.1) is 0 Å². The van der Waals surface area contributed by atoms with Crippen molar-refractivity contribution in [3.05, 3.63) is 40.6 Å². The van der Waals surface area contributed by atoms with E-state index in [9.17, 15) is 14.9 Å². The maximum absolute atomic E-state index is 12.0. The number of hydrogen-bond acceptors (Lipinski definition) is 6. The van der Waals surface area contributed by atoms with Gasteiger partial charge in [-0.2, -0.15) is 5.26 Å². The fourth-order valence-electron chi connectivity index (χ4n) is 1.78. The highest BCUT2D eigenvalue weighted by Gasteiger charge is 2.24. The molecule has 0 saturated heterocycles. The van der Waals surface area contributed by atoms with Gasteiger partial charge in [-0.1, -0.05) is 23.9 Å². The first-order chi connectivity index (χ1) is 10.1. The Labute approximate surface area is 126 Å². The molecule has 0 fully saturated rings. The second kappa shape index (κ2) is 6.33. The van der Waals surface area contributed by atoms with Crippen LogP contribution in [0.25, 0.3) is 0 Å². The number of anilines is 1. The summed E-state index contributed by atoms with van der Waals surface area (Å²) >= 11 is 1.03. The van der Waals surface area contributed by atoms with Gasteiger partial charge in [0, 0.05) is 0 Å². The molecule has 2 rings (SSSR count). The highest BCUT2D eigenvalue weighted by Crippen LogP contribution is 2.28. The zero-order valence-corrected chi connectivity index (χ0v) is 12.3. The molecule has 1 amide bonds. The lowest BCUT2D eigenvalue weighted by Gasteiger charge is -2.22. The molecule has 0 saturated carbocycles. The lowest BCUT2D eigenvalue weighted by molar-refractivity contribution is -0.139. The fraction of sp³-hybridized carbons (Fsp3) is 0.214. The molecule has 0 radical (unpaired) electrons. The maximum Gasteiger partial charge on any atom is 0.318 e. The summed E-state index contributed by atoms with van der Waals surface area (Å²) in [5, 5.41) is 14.3. The third kappa shape index (κ3) is 3.17. The minimum Gasteiger partial charge on any atom is -0.468 e. The van der Waals surface area contributed by atoms with Crippen LogP contribution in [0.1, 0.15) is 17.3 Å². The maximum atomic E-state index is 12.0. The van der Waals surface area contributed by atoms with Crippen molar-refractivity contribution in [2.24, 2.45) is 0 Å². The number of ether oxygens (including phenoxy) is 1. The average molecular weight is 303 g/mol. The number of nitrogens with zero attached hydrogens (tertiary/aromatic N) is 1. The number of hydrogen-bond donors (Lipinski definition) is 2. The summed E-state index contributed by atoms with van der Waals surface area (Å²) in [6.45, 7) is 1.63. The van der Waals surface area contributed by atoms with Crippen LogP contribution in [0.2, 0.25) is 0 Å². The van der Waals surface area contributed by atoms with Crippen molar-refractivity contribution in [2.45, 2.75) is 12.2 Å². The van der Waals surface area contributed by atoms with Gasteiger partial charge in [0.15, 0.2) is 0 Å². The summed E-state index contributed by atoms with van der Waals surface area (Å²) in [7, 11) is 1.29. The van der Waals surface area contributed by atoms with E-state index in [1.807, 2.05) is 6.07 Å². The van der Waals surface area contributed by atoms with Gasteiger partial charge in [0.25, 0.3) is 5.91 Å². The summed E-state index contributed by atoms with van der Waals surface area (Å²) < 4.78 is 4.62. The second-order valence-corrected chi connectivity index (χ2v) is 5.57. The first kappa shape index (κ1) is 14.9. The molecule has 108 valence electrons. The molecular formula is C14H13N3O3S. The van der Waals surface area contributed by atoms with E-state index < -0.39 is 11.2 Å². The largest absolute Gasteiger partial charge is 0.468 e. The highest BCUT2D eigenvalue weighted by molar-refractivity contribution is 8.04. The number of rotatable bonds is 3. The van der Waals surface area contributed by atoms with E-state index in [1.165, 1.54) is 7.11 Å². The van der Waals surface area contributed by atoms with E-state index in [0.29, 0.717) is 11.3 Å². The number of esters is 1. The molecule has 0 spiro atoms. The van der Waals surface area contributed by atoms with E-state index in [2.05, 4.69) is 15.4 Å². The lowest BCUT2D eigenvalue weighted by atomic mass is 10.1. The van der Waals surface area contributed by atoms with E-state index in [4.69, 9.17) is 0 Å². The monoisotopic (exact) mass is 303 g/mol. The normalized spacial score (nSPS) is 16.7. The van der Waals surface area contributed by atoms with E-state index in [0.717, 1.165) is 11.8 Å². The van der Waals surface area contributed by atoms with Crippen LogP contribution in [-0.2, 0) is 9.53 Å². The Morgan fingerprint density at radius 1 is 1.38 bits per heavy atom. The number of allylic oxidation sites excluding steroid dienone is 1. The number of benzene rings is 1. The molecule has 7 heteroatoms. The molecule has 0 aromatic heterocycles. The molecule has 1 aromatic carbocycles. The summed E-state index contributed by atoms with van der Waals surface area (Å²) in [6.07, 6.45) is 0. The minimum absolute atomic E-state index is 0.218. The summed E-state index contributed by atoms with van der Waals surface area (Å²) in [4.78, 5) is 23.6. The van der Waals surface area contributed by atoms with Gasteiger partial charge in [0.05, 0.1) is 18.4 Å². The van der Waals surface area contributed by atoms with Crippen molar-refractivity contribution in [1.82, 2.24) is 5.32 Å². The van der Waals surface area contributed by atoms with Crippen LogP contribution in [-0.4, -0.2) is 24.2 Å². The summed E-state index contributed by atoms with van der Waals surface area (Å²) in [5.41, 5.74) is 1.12. The molecule has 0 aliphatic carbocycles. The van der Waals surface area contributed by atoms with Gasteiger partial charge in [-0.3, -0.25) is 9.59 Å². The molecule has 0 bridgehead atoms. The predicted molar refractivity (Wildman–Crippen MR) is 79.2 cm³/mol. The second-order valence-electron chi connectivity index (χ2n) is 4.22. The fourth-order valence-corrected chi connectivity index (χ4v) is 2.60. The van der Waals surface area contributed by atoms with Crippen LogP contribution >= 0.6 is 11.8 Å². The zero-order chi connectivity index (χ0) is 15.4. The van der Waals surface area contributed by atoms with Gasteiger partial charge in [0.1, 0.15) is 22.0 Å². The number of nitriles is 1. The van der Waals surface area contributed by atoms with Crippen LogP contribution in [0.4, 0.5) is 5.69 Å². The van der Waals surface area contributed by atoms with Gasteiger partial charge in [0.2, 0.25) is 0 Å². The van der Waals surface area contributed by atoms with Crippen molar-refractivity contribution in [3.8, 4) is 6.07 Å². The highest BCUT2D eigenvalue weighted by atomic mass is 32.2. The SMILES string of the molecule is COC(=O)C(C)S/C(C#N)=C1\NC(=O)c2ccccc2N1. The number of thioether (sulfide) groups is 1. The van der Waals surface area contributed by atoms with E-state index in [1.54, 1.807) is 31.2 Å². The molecule has 21 heavy (non-hydrogen) atoms. The third-order valence-electron chi connectivity index (χ3n) is 2.83. The van der Waals surface area contributed by atoms with E-state index >= 15 is 0 Å². The Hall–Kier alpha value is -2.46. The lowest BCUT2D eigenvalue weighted by Crippen LogP contribution is -2.33. The molecular weight excluding hydrogens is 290 g/mol. The Balaban J connectivity index is 2.29. The quantitative estimate of drug-likeness (QED) is 0.654. The Morgan fingerprint density at radius 3 is 2.76 bits per heavy atom. The first-order valence-electron chi connectivity index (χ1n) is 6.13. The van der Waals surface area contributed by atoms with Crippen molar-refractivity contribution in [2.75, 3.05) is 12.4 Å². The van der Waals surface area contributed by atoms with Crippen molar-refractivity contribution >= 4 is 29.3 Å². The number of nitrogens with one attached hydrogen (secondary N) is 2. The molecule has 2 N–H and O–H groups in total. The Morgan fingerprint density at radius 2 is 2.10 bits per heavy atom. The molecule has 1 atom stereocenters. The number of fused-ring (bicyclic) bond motifs is 1. The van der Waals surface area contributed by atoms with Crippen LogP contribution in [0, 0.1) is 11.3 Å². The molecule has 1 heterocycles. The average Bonchev–Trinajstić information content (AvgIpc) is 2.51. The molecule has 1 unspecified atom stereocenters. The number of methoxy groups -OCH3 is 1. The Bertz CT molecular complexity index is 664. The van der Waals surface area contributed by atoms with Gasteiger partial charge >= 0.3 is 5.97 Å². The number of amides is 1. The van der Waals surface area contributed by atoms with Crippen LogP contribution in [0.5, 0.6) is 0 Å². The third-order valence-corrected chi connectivity index (χ3v) is 3.90. The molecule has 1 aromatic rings. The molecule has 1 aliphatic heterocycles. The van der Waals surface area contributed by atoms with Crippen LogP contribution in [0.3, 0.4) is 0 Å². The van der Waals surface area contributed by atoms with Gasteiger partial charge in [-0.05, 0) is 19.1 Å². The number of carbonyl (C=O) groups excluding carboxylic acids is 2. The standard InChI is InChI=1S/C14H13N3O3S/c1-8(14(19)20-2)21-11(7-15)12-16-10-6-4-3-5-9(10)13(18)17-12/h3-6,8,16H,1-2H3,(H,17,18)/b12-11-. The van der Waals surface area contributed by atoms with Gasteiger partial charge < -0.3 is 15.4 Å². The van der Waals surface area contributed by atoms with Crippen molar-refractivity contribution < 1.29 is 14.3 Å². The zero-order valence-electron chi connectivity index (χ0n) is 11.5. The molecule has 1 aliphatic rings. The summed E-state index contributed by atoms with van der Waals surface area (Å²) in [5.74, 6) is -0.448. The topological polar surface area (TPSA) is 91.2 Å². The van der Waals surface area contributed by atoms with Crippen molar-refractivity contribution in [1.29, 1.82) is 5.26 Å². The Kier molecular flexibility index (Phi) is 4.50. The number of para-hydroxylation sites is 1. The first-order valence-corrected chi connectivity index (χ1v) is 7.01.